The van der Waals surface area contributed by atoms with Gasteiger partial charge < -0.3 is 23.7 Å². The van der Waals surface area contributed by atoms with Crippen LogP contribution in [0.4, 0.5) is 0 Å². The molecule has 8 nitrogen and oxygen atoms in total. The van der Waals surface area contributed by atoms with Crippen molar-refractivity contribution in [3.8, 4) is 0 Å². The molecule has 1 aliphatic heterocycles. The molecule has 0 spiro atoms. The fraction of sp³-hybridized carbons (Fsp3) is 0.800. The molecule has 1 heterocycles. The monoisotopic (exact) mass is 466 g/mol. The molecule has 0 aromatic carbocycles. The molecule has 186 valence electrons. The van der Waals surface area contributed by atoms with Crippen molar-refractivity contribution in [1.29, 1.82) is 0 Å². The summed E-state index contributed by atoms with van der Waals surface area (Å²) in [6, 6.07) is 0. The minimum atomic E-state index is -1.10. The molecule has 0 aromatic rings. The van der Waals surface area contributed by atoms with Crippen molar-refractivity contribution in [2.45, 2.75) is 92.0 Å². The number of ether oxygens (including phenoxy) is 5. The summed E-state index contributed by atoms with van der Waals surface area (Å²) >= 11 is 0. The fourth-order valence-electron chi connectivity index (χ4n) is 4.46. The minimum absolute atomic E-state index is 0.166. The molecule has 8 atom stereocenters. The van der Waals surface area contributed by atoms with E-state index in [1.165, 1.54) is 7.11 Å². The minimum Gasteiger partial charge on any atom is -0.455 e. The van der Waals surface area contributed by atoms with Crippen LogP contribution in [0.1, 0.15) is 61.3 Å². The first-order valence-corrected chi connectivity index (χ1v) is 11.7. The largest absolute Gasteiger partial charge is 0.455 e. The van der Waals surface area contributed by atoms with Gasteiger partial charge in [-0.15, -0.1) is 0 Å². The van der Waals surface area contributed by atoms with Crippen LogP contribution in [-0.2, 0) is 38.1 Å². The molecule has 0 aromatic heterocycles. The Morgan fingerprint density at radius 3 is 1.85 bits per heavy atom. The number of esters is 3. The smallest absolute Gasteiger partial charge is 0.311 e. The van der Waals surface area contributed by atoms with Crippen molar-refractivity contribution in [3.63, 3.8) is 0 Å². The van der Waals surface area contributed by atoms with E-state index in [9.17, 15) is 14.4 Å². The quantitative estimate of drug-likeness (QED) is 0.345. The van der Waals surface area contributed by atoms with Gasteiger partial charge in [0.05, 0.1) is 22.9 Å². The molecular weight excluding hydrogens is 428 g/mol. The molecule has 0 radical (unpaired) electrons. The van der Waals surface area contributed by atoms with Gasteiger partial charge in [-0.1, -0.05) is 12.2 Å². The van der Waals surface area contributed by atoms with Gasteiger partial charge >= 0.3 is 17.9 Å². The fourth-order valence-corrected chi connectivity index (χ4v) is 4.46. The number of carbonyl (C=O) groups excluding carboxylic acids is 3. The number of fused-ring (bicyclic) bond motifs is 2. The van der Waals surface area contributed by atoms with E-state index >= 15 is 0 Å². The van der Waals surface area contributed by atoms with E-state index in [-0.39, 0.29) is 17.8 Å². The van der Waals surface area contributed by atoms with E-state index in [1.54, 1.807) is 48.5 Å². The lowest BCUT2D eigenvalue weighted by Gasteiger charge is -2.44. The van der Waals surface area contributed by atoms with Gasteiger partial charge in [-0.25, -0.2) is 0 Å². The van der Waals surface area contributed by atoms with E-state index in [1.807, 2.05) is 0 Å². The Morgan fingerprint density at radius 1 is 0.818 bits per heavy atom. The highest BCUT2D eigenvalue weighted by atomic mass is 16.7. The second kappa shape index (κ2) is 9.37. The molecule has 1 saturated carbocycles. The number of rotatable bonds is 5. The topological polar surface area (TPSA) is 97.4 Å². The van der Waals surface area contributed by atoms with Crippen LogP contribution in [0.2, 0.25) is 0 Å². The normalized spacial score (nSPS) is 35.9. The van der Waals surface area contributed by atoms with Crippen LogP contribution in [0, 0.1) is 28.6 Å². The summed E-state index contributed by atoms with van der Waals surface area (Å²) in [6.45, 7) is 12.1. The van der Waals surface area contributed by atoms with Crippen LogP contribution in [0.25, 0.3) is 0 Å². The lowest BCUT2D eigenvalue weighted by molar-refractivity contribution is -0.298. The van der Waals surface area contributed by atoms with Crippen LogP contribution in [0.3, 0.4) is 0 Å². The zero-order valence-corrected chi connectivity index (χ0v) is 21.0. The molecule has 3 rings (SSSR count). The first kappa shape index (κ1) is 25.7. The summed E-state index contributed by atoms with van der Waals surface area (Å²) in [5.74, 6) is -1.02. The zero-order chi connectivity index (χ0) is 24.7. The van der Waals surface area contributed by atoms with E-state index in [2.05, 4.69) is 12.2 Å². The van der Waals surface area contributed by atoms with Gasteiger partial charge in [0.15, 0.2) is 24.6 Å². The Bertz CT molecular complexity index is 789. The Hall–Kier alpha value is -1.93. The van der Waals surface area contributed by atoms with Crippen molar-refractivity contribution in [1.82, 2.24) is 0 Å². The van der Waals surface area contributed by atoms with Gasteiger partial charge in [-0.3, -0.25) is 14.4 Å². The molecular formula is C25H38O8. The van der Waals surface area contributed by atoms with Crippen LogP contribution >= 0.6 is 0 Å². The molecule has 0 N–H and O–H groups in total. The highest BCUT2D eigenvalue weighted by molar-refractivity contribution is 5.77. The van der Waals surface area contributed by atoms with Crippen LogP contribution in [-0.4, -0.2) is 55.7 Å². The van der Waals surface area contributed by atoms with Crippen molar-refractivity contribution in [2.24, 2.45) is 28.6 Å². The standard InChI is InChI=1S/C25H38O8/c1-13-17(31-20(26)16-12-14-9-10-15(16)11-14)18(32-22(27)24(2,3)4)19(21(29-8)30-13)33-23(28)25(5,6)7/h9-10,13-19,21H,11-12H2,1-8H3/t13-,14+,15-,16+,17-,18+,19-,21+/m1/s1. The van der Waals surface area contributed by atoms with Crippen LogP contribution < -0.4 is 0 Å². The first-order chi connectivity index (χ1) is 15.2. The van der Waals surface area contributed by atoms with Gasteiger partial charge in [-0.05, 0) is 73.1 Å². The zero-order valence-electron chi connectivity index (χ0n) is 21.0. The van der Waals surface area contributed by atoms with Crippen molar-refractivity contribution in [3.05, 3.63) is 12.2 Å². The number of hydrogen-bond donors (Lipinski definition) is 0. The average molecular weight is 467 g/mol. The third kappa shape index (κ3) is 5.60. The van der Waals surface area contributed by atoms with Crippen molar-refractivity contribution in [2.75, 3.05) is 7.11 Å². The Balaban J connectivity index is 1.88. The summed E-state index contributed by atoms with van der Waals surface area (Å²) in [5, 5.41) is 0. The summed E-state index contributed by atoms with van der Waals surface area (Å²) in [4.78, 5) is 38.7. The second-order valence-electron chi connectivity index (χ2n) is 11.5. The maximum Gasteiger partial charge on any atom is 0.311 e. The molecule has 1 saturated heterocycles. The molecule has 3 aliphatic rings. The predicted octanol–water partition coefficient (Wildman–Crippen LogP) is 3.42. The molecule has 2 fully saturated rings. The first-order valence-electron chi connectivity index (χ1n) is 11.7. The number of carbonyl (C=O) groups is 3. The summed E-state index contributed by atoms with van der Waals surface area (Å²) < 4.78 is 28.9. The number of methoxy groups -OCH3 is 1. The van der Waals surface area contributed by atoms with Crippen molar-refractivity contribution < 1.29 is 38.1 Å². The van der Waals surface area contributed by atoms with E-state index in [4.69, 9.17) is 23.7 Å². The Labute approximate surface area is 196 Å². The van der Waals surface area contributed by atoms with Gasteiger partial charge in [0, 0.05) is 7.11 Å². The van der Waals surface area contributed by atoms with E-state index in [0.717, 1.165) is 12.8 Å². The SMILES string of the molecule is CO[C@H]1O[C@H](C)[C@@H](OC(=O)[C@H]2C[C@H]3C=C[C@@H]2C3)[C@H](OC(=O)C(C)(C)C)[C@H]1OC(=O)C(C)(C)C. The van der Waals surface area contributed by atoms with E-state index < -0.39 is 53.5 Å². The Morgan fingerprint density at radius 2 is 1.39 bits per heavy atom. The molecule has 33 heavy (non-hydrogen) atoms. The average Bonchev–Trinajstić information content (AvgIpc) is 3.34. The van der Waals surface area contributed by atoms with Gasteiger partial charge in [0.25, 0.3) is 0 Å². The maximum atomic E-state index is 13.1. The van der Waals surface area contributed by atoms with E-state index in [0.29, 0.717) is 5.92 Å². The second-order valence-corrected chi connectivity index (χ2v) is 11.5. The molecule has 2 bridgehead atoms. The number of hydrogen-bond acceptors (Lipinski definition) is 8. The Kier molecular flexibility index (Phi) is 7.30. The lowest BCUT2D eigenvalue weighted by Crippen LogP contribution is -2.62. The number of allylic oxidation sites excluding steroid dienone is 2. The summed E-state index contributed by atoms with van der Waals surface area (Å²) in [6.07, 6.45) is 1.19. The molecule has 8 heteroatoms. The molecule has 0 amide bonds. The third-order valence-electron chi connectivity index (χ3n) is 6.50. The predicted molar refractivity (Wildman–Crippen MR) is 119 cm³/mol. The lowest BCUT2D eigenvalue weighted by atomic mass is 9.92. The van der Waals surface area contributed by atoms with Crippen molar-refractivity contribution >= 4 is 17.9 Å². The van der Waals surface area contributed by atoms with Gasteiger partial charge in [0.1, 0.15) is 0 Å². The summed E-state index contributed by atoms with van der Waals surface area (Å²) in [7, 11) is 1.42. The highest BCUT2D eigenvalue weighted by Crippen LogP contribution is 2.44. The van der Waals surface area contributed by atoms with Crippen LogP contribution in [0.15, 0.2) is 12.2 Å². The van der Waals surface area contributed by atoms with Gasteiger partial charge in [-0.2, -0.15) is 0 Å². The third-order valence-corrected chi connectivity index (χ3v) is 6.50. The van der Waals surface area contributed by atoms with Crippen LogP contribution in [0.5, 0.6) is 0 Å². The molecule has 0 unspecified atom stereocenters. The van der Waals surface area contributed by atoms with Gasteiger partial charge in [0.2, 0.25) is 0 Å². The molecule has 2 aliphatic carbocycles. The maximum absolute atomic E-state index is 13.1. The summed E-state index contributed by atoms with van der Waals surface area (Å²) in [5.41, 5.74) is -1.62. The highest BCUT2D eigenvalue weighted by Gasteiger charge is 2.53.